The van der Waals surface area contributed by atoms with Gasteiger partial charge in [0.25, 0.3) is 5.56 Å². The standard InChI is InChI=1S/C23H24N4O/c1-14(2)27-20(12-17-9-7-8-15(3)21(17)23(27)28)16(4)26-22-18-10-5-6-11-19(18)24-13-25-22/h5-14,16H,1-4H3,(H,24,25,26)/t16-/m0/s1. The van der Waals surface area contributed by atoms with Crippen LogP contribution < -0.4 is 10.9 Å². The first-order chi connectivity index (χ1) is 13.5. The number of rotatable bonds is 4. The number of aromatic nitrogens is 3. The quantitative estimate of drug-likeness (QED) is 0.547. The molecule has 4 aromatic rings. The smallest absolute Gasteiger partial charge is 0.259 e. The molecule has 28 heavy (non-hydrogen) atoms. The van der Waals surface area contributed by atoms with Gasteiger partial charge < -0.3 is 9.88 Å². The van der Waals surface area contributed by atoms with Gasteiger partial charge in [-0.1, -0.05) is 30.3 Å². The Bertz CT molecular complexity index is 1220. The number of benzene rings is 2. The summed E-state index contributed by atoms with van der Waals surface area (Å²) in [5.74, 6) is 0.769. The zero-order valence-electron chi connectivity index (χ0n) is 16.6. The Balaban J connectivity index is 1.86. The third kappa shape index (κ3) is 3.03. The minimum absolute atomic E-state index is 0.0536. The first kappa shape index (κ1) is 18.2. The molecule has 0 fully saturated rings. The normalized spacial score (nSPS) is 12.6. The highest BCUT2D eigenvalue weighted by molar-refractivity contribution is 5.89. The summed E-state index contributed by atoms with van der Waals surface area (Å²) in [6, 6.07) is 16.0. The molecule has 2 aromatic carbocycles. The van der Waals surface area contributed by atoms with E-state index >= 15 is 0 Å². The first-order valence-electron chi connectivity index (χ1n) is 9.58. The van der Waals surface area contributed by atoms with E-state index in [-0.39, 0.29) is 17.6 Å². The number of aryl methyl sites for hydroxylation is 1. The lowest BCUT2D eigenvalue weighted by atomic mass is 10.0. The van der Waals surface area contributed by atoms with Crippen LogP contribution in [0.15, 0.2) is 59.7 Å². The van der Waals surface area contributed by atoms with Crippen molar-refractivity contribution in [1.82, 2.24) is 14.5 Å². The fraction of sp³-hybridized carbons (Fsp3) is 0.261. The molecule has 0 saturated heterocycles. The van der Waals surface area contributed by atoms with Crippen LogP contribution in [-0.2, 0) is 0 Å². The van der Waals surface area contributed by atoms with E-state index in [0.29, 0.717) is 0 Å². The minimum atomic E-state index is -0.0988. The number of hydrogen-bond donors (Lipinski definition) is 1. The number of pyridine rings is 1. The Labute approximate surface area is 164 Å². The molecule has 0 unspecified atom stereocenters. The molecule has 2 heterocycles. The summed E-state index contributed by atoms with van der Waals surface area (Å²) < 4.78 is 1.89. The molecule has 5 nitrogen and oxygen atoms in total. The fourth-order valence-electron chi connectivity index (χ4n) is 3.83. The Hall–Kier alpha value is -3.21. The minimum Gasteiger partial charge on any atom is -0.361 e. The van der Waals surface area contributed by atoms with Crippen LogP contribution in [0.25, 0.3) is 21.7 Å². The van der Waals surface area contributed by atoms with Crippen molar-refractivity contribution in [2.45, 2.75) is 39.8 Å². The van der Waals surface area contributed by atoms with Crippen LogP contribution in [0, 0.1) is 6.92 Å². The molecule has 0 aliphatic heterocycles. The zero-order valence-corrected chi connectivity index (χ0v) is 16.6. The summed E-state index contributed by atoms with van der Waals surface area (Å²) in [4.78, 5) is 22.1. The summed E-state index contributed by atoms with van der Waals surface area (Å²) in [6.07, 6.45) is 1.57. The molecule has 4 rings (SSSR count). The summed E-state index contributed by atoms with van der Waals surface area (Å²) in [7, 11) is 0. The predicted octanol–water partition coefficient (Wildman–Crippen LogP) is 5.01. The van der Waals surface area contributed by atoms with Gasteiger partial charge in [-0.15, -0.1) is 0 Å². The predicted molar refractivity (Wildman–Crippen MR) is 115 cm³/mol. The van der Waals surface area contributed by atoms with Crippen LogP contribution in [-0.4, -0.2) is 14.5 Å². The van der Waals surface area contributed by atoms with Gasteiger partial charge in [0.05, 0.1) is 16.9 Å². The lowest BCUT2D eigenvalue weighted by Crippen LogP contribution is -2.28. The average Bonchev–Trinajstić information content (AvgIpc) is 2.67. The van der Waals surface area contributed by atoms with Crippen LogP contribution in [0.3, 0.4) is 0 Å². The average molecular weight is 372 g/mol. The van der Waals surface area contributed by atoms with Crippen molar-refractivity contribution in [3.63, 3.8) is 0 Å². The molecule has 0 spiro atoms. The molecular formula is C23H24N4O. The third-order valence-corrected chi connectivity index (χ3v) is 5.18. The molecule has 0 bridgehead atoms. The molecule has 0 amide bonds. The monoisotopic (exact) mass is 372 g/mol. The van der Waals surface area contributed by atoms with Crippen LogP contribution >= 0.6 is 0 Å². The summed E-state index contributed by atoms with van der Waals surface area (Å²) in [5.41, 5.74) is 2.90. The molecule has 1 atom stereocenters. The van der Waals surface area contributed by atoms with Crippen molar-refractivity contribution in [3.8, 4) is 0 Å². The summed E-state index contributed by atoms with van der Waals surface area (Å²) >= 11 is 0. The highest BCUT2D eigenvalue weighted by atomic mass is 16.1. The molecule has 142 valence electrons. The Morgan fingerprint density at radius 1 is 1.00 bits per heavy atom. The fourth-order valence-corrected chi connectivity index (χ4v) is 3.83. The largest absolute Gasteiger partial charge is 0.361 e. The van der Waals surface area contributed by atoms with Crippen molar-refractivity contribution in [1.29, 1.82) is 0 Å². The third-order valence-electron chi connectivity index (χ3n) is 5.18. The highest BCUT2D eigenvalue weighted by Gasteiger charge is 2.18. The van der Waals surface area contributed by atoms with Gasteiger partial charge in [-0.2, -0.15) is 0 Å². The van der Waals surface area contributed by atoms with Crippen molar-refractivity contribution < 1.29 is 0 Å². The van der Waals surface area contributed by atoms with Gasteiger partial charge in [0.2, 0.25) is 0 Å². The second kappa shape index (κ2) is 7.08. The molecule has 0 radical (unpaired) electrons. The molecule has 5 heteroatoms. The van der Waals surface area contributed by atoms with E-state index in [1.807, 2.05) is 67.8 Å². The van der Waals surface area contributed by atoms with Crippen LogP contribution in [0.2, 0.25) is 0 Å². The van der Waals surface area contributed by atoms with E-state index < -0.39 is 0 Å². The van der Waals surface area contributed by atoms with Crippen molar-refractivity contribution in [2.24, 2.45) is 0 Å². The van der Waals surface area contributed by atoms with Gasteiger partial charge in [-0.25, -0.2) is 9.97 Å². The Morgan fingerprint density at radius 3 is 2.57 bits per heavy atom. The lowest BCUT2D eigenvalue weighted by molar-refractivity contribution is 0.541. The van der Waals surface area contributed by atoms with Gasteiger partial charge in [-0.3, -0.25) is 4.79 Å². The molecule has 0 aliphatic carbocycles. The number of para-hydroxylation sites is 1. The Kier molecular flexibility index (Phi) is 4.59. The van der Waals surface area contributed by atoms with Gasteiger partial charge >= 0.3 is 0 Å². The van der Waals surface area contributed by atoms with Crippen molar-refractivity contribution in [2.75, 3.05) is 5.32 Å². The second-order valence-corrected chi connectivity index (χ2v) is 7.48. The molecule has 0 aliphatic rings. The number of fused-ring (bicyclic) bond motifs is 2. The maximum atomic E-state index is 13.3. The maximum Gasteiger partial charge on any atom is 0.259 e. The van der Waals surface area contributed by atoms with Crippen molar-refractivity contribution >= 4 is 27.5 Å². The SMILES string of the molecule is Cc1cccc2cc([C@H](C)Nc3ncnc4ccccc34)n(C(C)C)c(=O)c12. The number of anilines is 1. The van der Waals surface area contributed by atoms with E-state index in [4.69, 9.17) is 0 Å². The van der Waals surface area contributed by atoms with Crippen LogP contribution in [0.5, 0.6) is 0 Å². The van der Waals surface area contributed by atoms with Gasteiger partial charge in [0.1, 0.15) is 12.1 Å². The molecule has 1 N–H and O–H groups in total. The number of nitrogens with zero attached hydrogens (tertiary/aromatic N) is 3. The van der Waals surface area contributed by atoms with E-state index in [1.165, 1.54) is 0 Å². The highest BCUT2D eigenvalue weighted by Crippen LogP contribution is 2.27. The van der Waals surface area contributed by atoms with E-state index in [9.17, 15) is 4.79 Å². The second-order valence-electron chi connectivity index (χ2n) is 7.48. The summed E-state index contributed by atoms with van der Waals surface area (Å²) in [5, 5.41) is 6.22. The topological polar surface area (TPSA) is 59.8 Å². The molecule has 2 aromatic heterocycles. The zero-order chi connectivity index (χ0) is 19.8. The number of nitrogens with one attached hydrogen (secondary N) is 1. The number of hydrogen-bond acceptors (Lipinski definition) is 4. The lowest BCUT2D eigenvalue weighted by Gasteiger charge is -2.24. The molecular weight excluding hydrogens is 348 g/mol. The van der Waals surface area contributed by atoms with E-state index in [0.717, 1.165) is 38.8 Å². The van der Waals surface area contributed by atoms with Crippen molar-refractivity contribution in [3.05, 3.63) is 76.5 Å². The first-order valence-corrected chi connectivity index (χ1v) is 9.58. The van der Waals surface area contributed by atoms with E-state index in [1.54, 1.807) is 6.33 Å². The molecule has 0 saturated carbocycles. The van der Waals surface area contributed by atoms with Crippen LogP contribution in [0.4, 0.5) is 5.82 Å². The summed E-state index contributed by atoms with van der Waals surface area (Å²) in [6.45, 7) is 8.14. The Morgan fingerprint density at radius 2 is 1.79 bits per heavy atom. The van der Waals surface area contributed by atoms with Gasteiger partial charge in [0.15, 0.2) is 0 Å². The maximum absolute atomic E-state index is 13.3. The van der Waals surface area contributed by atoms with Gasteiger partial charge in [-0.05, 0) is 56.8 Å². The van der Waals surface area contributed by atoms with Gasteiger partial charge in [0, 0.05) is 17.1 Å². The van der Waals surface area contributed by atoms with E-state index in [2.05, 4.69) is 28.3 Å². The van der Waals surface area contributed by atoms with Crippen LogP contribution in [0.1, 0.15) is 44.1 Å².